The minimum atomic E-state index is 0.218. The van der Waals surface area contributed by atoms with E-state index in [1.165, 1.54) is 11.4 Å². The molecule has 0 spiro atoms. The summed E-state index contributed by atoms with van der Waals surface area (Å²) < 4.78 is 4.30. The molecule has 0 aliphatic heterocycles. The molecule has 0 aliphatic carbocycles. The van der Waals surface area contributed by atoms with E-state index in [-0.39, 0.29) is 5.84 Å². The second kappa shape index (κ2) is 5.01. The summed E-state index contributed by atoms with van der Waals surface area (Å²) in [6.07, 6.45) is 0.571. The van der Waals surface area contributed by atoms with Gasteiger partial charge in [-0.2, -0.15) is 0 Å². The lowest BCUT2D eigenvalue weighted by Crippen LogP contribution is -2.28. The van der Waals surface area contributed by atoms with Gasteiger partial charge in [0.1, 0.15) is 0 Å². The third-order valence-electron chi connectivity index (χ3n) is 2.94. The SMILES string of the molecule is CCn1c(C)c(C)n(CCC(=N)N)c1=NC. The van der Waals surface area contributed by atoms with Gasteiger partial charge in [-0.1, -0.05) is 0 Å². The number of hydrogen-bond acceptors (Lipinski definition) is 2. The predicted molar refractivity (Wildman–Crippen MR) is 65.6 cm³/mol. The topological polar surface area (TPSA) is 72.1 Å². The number of nitrogens with two attached hydrogens (primary N) is 1. The number of nitrogens with one attached hydrogen (secondary N) is 1. The molecule has 5 nitrogen and oxygen atoms in total. The molecule has 0 radical (unpaired) electrons. The van der Waals surface area contributed by atoms with Gasteiger partial charge in [0.25, 0.3) is 0 Å². The van der Waals surface area contributed by atoms with Crippen LogP contribution < -0.4 is 11.4 Å². The van der Waals surface area contributed by atoms with Crippen LogP contribution in [0.5, 0.6) is 0 Å². The van der Waals surface area contributed by atoms with Crippen LogP contribution in [-0.4, -0.2) is 22.0 Å². The number of imidazole rings is 1. The van der Waals surface area contributed by atoms with E-state index in [1.54, 1.807) is 7.05 Å². The van der Waals surface area contributed by atoms with Crippen LogP contribution in [0.4, 0.5) is 0 Å². The van der Waals surface area contributed by atoms with Crippen LogP contribution in [0.3, 0.4) is 0 Å². The molecule has 0 aromatic carbocycles. The van der Waals surface area contributed by atoms with Crippen molar-refractivity contribution in [1.82, 2.24) is 9.13 Å². The molecule has 0 saturated carbocycles. The van der Waals surface area contributed by atoms with Crippen molar-refractivity contribution in [3.63, 3.8) is 0 Å². The first-order valence-electron chi connectivity index (χ1n) is 5.55. The number of nitrogens with zero attached hydrogens (tertiary/aromatic N) is 3. The first-order chi connectivity index (χ1) is 7.52. The lowest BCUT2D eigenvalue weighted by Gasteiger charge is -2.04. The van der Waals surface area contributed by atoms with Crippen LogP contribution in [0.15, 0.2) is 4.99 Å². The summed E-state index contributed by atoms with van der Waals surface area (Å²) in [4.78, 5) is 4.32. The Hall–Kier alpha value is -1.52. The largest absolute Gasteiger partial charge is 0.388 e. The van der Waals surface area contributed by atoms with Gasteiger partial charge in [0.2, 0.25) is 5.62 Å². The number of amidine groups is 1. The van der Waals surface area contributed by atoms with Crippen molar-refractivity contribution in [3.05, 3.63) is 17.0 Å². The van der Waals surface area contributed by atoms with E-state index in [0.29, 0.717) is 6.42 Å². The molecule has 90 valence electrons. The van der Waals surface area contributed by atoms with Crippen molar-refractivity contribution in [3.8, 4) is 0 Å². The number of aromatic nitrogens is 2. The molecule has 1 rings (SSSR count). The monoisotopic (exact) mass is 223 g/mol. The zero-order valence-corrected chi connectivity index (χ0v) is 10.5. The van der Waals surface area contributed by atoms with Crippen LogP contribution in [0, 0.1) is 19.3 Å². The van der Waals surface area contributed by atoms with Gasteiger partial charge < -0.3 is 14.9 Å². The standard InChI is InChI=1S/C11H21N5/c1-5-15-8(2)9(3)16(11(15)14-4)7-6-10(12)13/h5-7H2,1-4H3,(H3,12,13). The second-order valence-electron chi connectivity index (χ2n) is 3.87. The molecular weight excluding hydrogens is 202 g/mol. The Labute approximate surface area is 96.1 Å². The molecule has 0 amide bonds. The summed E-state index contributed by atoms with van der Waals surface area (Å²) >= 11 is 0. The predicted octanol–water partition coefficient (Wildman–Crippen LogP) is 0.783. The van der Waals surface area contributed by atoms with Crippen LogP contribution in [-0.2, 0) is 13.1 Å². The van der Waals surface area contributed by atoms with E-state index in [0.717, 1.165) is 18.7 Å². The van der Waals surface area contributed by atoms with E-state index in [1.807, 2.05) is 0 Å². The first kappa shape index (κ1) is 12.5. The third kappa shape index (κ3) is 2.18. The van der Waals surface area contributed by atoms with Crippen molar-refractivity contribution in [1.29, 1.82) is 5.41 Å². The van der Waals surface area contributed by atoms with Gasteiger partial charge in [0.15, 0.2) is 0 Å². The zero-order valence-electron chi connectivity index (χ0n) is 10.5. The minimum Gasteiger partial charge on any atom is -0.388 e. The van der Waals surface area contributed by atoms with Gasteiger partial charge in [-0.3, -0.25) is 10.4 Å². The highest BCUT2D eigenvalue weighted by Crippen LogP contribution is 2.05. The van der Waals surface area contributed by atoms with Crippen LogP contribution in [0.2, 0.25) is 0 Å². The van der Waals surface area contributed by atoms with Crippen molar-refractivity contribution in [2.45, 2.75) is 40.3 Å². The molecule has 16 heavy (non-hydrogen) atoms. The van der Waals surface area contributed by atoms with E-state index in [4.69, 9.17) is 11.1 Å². The fourth-order valence-corrected chi connectivity index (χ4v) is 1.96. The van der Waals surface area contributed by atoms with Crippen LogP contribution in [0.1, 0.15) is 24.7 Å². The van der Waals surface area contributed by atoms with Gasteiger partial charge in [-0.25, -0.2) is 0 Å². The summed E-state index contributed by atoms with van der Waals surface area (Å²) in [5.41, 5.74) is 8.78. The van der Waals surface area contributed by atoms with Gasteiger partial charge in [0.05, 0.1) is 5.84 Å². The smallest absolute Gasteiger partial charge is 0.205 e. The maximum absolute atomic E-state index is 7.27. The molecule has 1 aromatic rings. The summed E-state index contributed by atoms with van der Waals surface area (Å²) in [5, 5.41) is 7.27. The quantitative estimate of drug-likeness (QED) is 0.574. The van der Waals surface area contributed by atoms with Crippen molar-refractivity contribution in [2.24, 2.45) is 10.7 Å². The Morgan fingerprint density at radius 1 is 1.31 bits per heavy atom. The highest BCUT2D eigenvalue weighted by atomic mass is 15.2. The Morgan fingerprint density at radius 3 is 2.31 bits per heavy atom. The van der Waals surface area contributed by atoms with Gasteiger partial charge in [-0.15, -0.1) is 0 Å². The maximum Gasteiger partial charge on any atom is 0.205 e. The molecule has 0 aliphatic rings. The molecule has 1 heterocycles. The normalized spacial score (nSPS) is 12.1. The molecular formula is C11H21N5. The van der Waals surface area contributed by atoms with E-state index in [2.05, 4.69) is 34.9 Å². The van der Waals surface area contributed by atoms with Crippen LogP contribution >= 0.6 is 0 Å². The van der Waals surface area contributed by atoms with E-state index >= 15 is 0 Å². The Bertz CT molecular complexity index is 450. The summed E-state index contributed by atoms with van der Waals surface area (Å²) in [6.45, 7) is 7.92. The average molecular weight is 223 g/mol. The Balaban J connectivity index is 3.22. The van der Waals surface area contributed by atoms with Crippen LogP contribution in [0.25, 0.3) is 0 Å². The molecule has 3 N–H and O–H groups in total. The van der Waals surface area contributed by atoms with E-state index in [9.17, 15) is 0 Å². The maximum atomic E-state index is 7.27. The Morgan fingerprint density at radius 2 is 1.88 bits per heavy atom. The molecule has 0 unspecified atom stereocenters. The summed E-state index contributed by atoms with van der Waals surface area (Å²) in [5.74, 6) is 0.218. The average Bonchev–Trinajstić information content (AvgIpc) is 2.48. The summed E-state index contributed by atoms with van der Waals surface area (Å²) in [6, 6.07) is 0. The highest BCUT2D eigenvalue weighted by molar-refractivity contribution is 5.76. The second-order valence-corrected chi connectivity index (χ2v) is 3.87. The summed E-state index contributed by atoms with van der Waals surface area (Å²) in [7, 11) is 1.80. The zero-order chi connectivity index (χ0) is 12.3. The highest BCUT2D eigenvalue weighted by Gasteiger charge is 2.10. The molecule has 1 aromatic heterocycles. The van der Waals surface area contributed by atoms with E-state index < -0.39 is 0 Å². The molecule has 5 heteroatoms. The molecule has 0 fully saturated rings. The van der Waals surface area contributed by atoms with Gasteiger partial charge >= 0.3 is 0 Å². The van der Waals surface area contributed by atoms with Gasteiger partial charge in [-0.05, 0) is 20.8 Å². The van der Waals surface area contributed by atoms with Crippen molar-refractivity contribution >= 4 is 5.84 Å². The number of rotatable bonds is 4. The first-order valence-corrected chi connectivity index (χ1v) is 5.55. The molecule has 0 saturated heterocycles. The number of hydrogen-bond donors (Lipinski definition) is 2. The lowest BCUT2D eigenvalue weighted by atomic mass is 10.3. The van der Waals surface area contributed by atoms with Crippen molar-refractivity contribution < 1.29 is 0 Å². The third-order valence-corrected chi connectivity index (χ3v) is 2.94. The van der Waals surface area contributed by atoms with Gasteiger partial charge in [0, 0.05) is 37.9 Å². The molecule has 0 atom stereocenters. The minimum absolute atomic E-state index is 0.218. The fraction of sp³-hybridized carbons (Fsp3) is 0.636. The fourth-order valence-electron chi connectivity index (χ4n) is 1.96. The van der Waals surface area contributed by atoms with Crippen molar-refractivity contribution in [2.75, 3.05) is 7.05 Å². The lowest BCUT2D eigenvalue weighted by molar-refractivity contribution is 0.607. The molecule has 0 bridgehead atoms. The Kier molecular flexibility index (Phi) is 3.93.